The lowest BCUT2D eigenvalue weighted by molar-refractivity contribution is 0.448. The summed E-state index contributed by atoms with van der Waals surface area (Å²) in [5.41, 5.74) is 0.459. The molecule has 0 aliphatic heterocycles. The third-order valence-electron chi connectivity index (χ3n) is 2.97. The molecular weight excluding hydrogens is 248 g/mol. The molecule has 2 rings (SSSR count). The number of hydrogen-bond donors (Lipinski definition) is 2. The Hall–Kier alpha value is -1.39. The van der Waals surface area contributed by atoms with Gasteiger partial charge in [0.2, 0.25) is 0 Å². The molecule has 0 aliphatic carbocycles. The zero-order valence-corrected chi connectivity index (χ0v) is 11.4. The van der Waals surface area contributed by atoms with Gasteiger partial charge in [-0.3, -0.25) is 0 Å². The van der Waals surface area contributed by atoms with Crippen LogP contribution >= 0.6 is 0 Å². The Kier molecular flexibility index (Phi) is 3.41. The third kappa shape index (κ3) is 2.13. The maximum atomic E-state index is 12.0. The number of aromatic hydroxyl groups is 2. The standard InChI is InChI=1S/C14H16O3S/c1-8(2)18(17)11-4-5-12-10(6-11)7-13(15)9(3)14(12)16/h4-8,15-16H,1-3H3. The minimum absolute atomic E-state index is 0.0371. The molecule has 2 aromatic carbocycles. The van der Waals surface area contributed by atoms with Crippen LogP contribution in [0.25, 0.3) is 10.8 Å². The predicted octanol–water partition coefficient (Wildman–Crippen LogP) is 3.08. The van der Waals surface area contributed by atoms with Crippen molar-refractivity contribution in [2.75, 3.05) is 0 Å². The van der Waals surface area contributed by atoms with Crippen LogP contribution in [0.5, 0.6) is 11.5 Å². The quantitative estimate of drug-likeness (QED) is 0.819. The van der Waals surface area contributed by atoms with E-state index in [9.17, 15) is 14.8 Å². The van der Waals surface area contributed by atoms with E-state index in [1.54, 1.807) is 31.2 Å². The number of rotatable bonds is 2. The largest absolute Gasteiger partial charge is 0.611 e. The maximum absolute atomic E-state index is 12.0. The van der Waals surface area contributed by atoms with Crippen LogP contribution in [-0.2, 0) is 11.2 Å². The van der Waals surface area contributed by atoms with E-state index < -0.39 is 11.2 Å². The van der Waals surface area contributed by atoms with Gasteiger partial charge in [0, 0.05) is 17.0 Å². The van der Waals surface area contributed by atoms with E-state index in [0.29, 0.717) is 21.2 Å². The van der Waals surface area contributed by atoms with Crippen LogP contribution in [0.15, 0.2) is 29.2 Å². The molecule has 18 heavy (non-hydrogen) atoms. The molecule has 0 radical (unpaired) electrons. The van der Waals surface area contributed by atoms with Crippen molar-refractivity contribution in [3.05, 3.63) is 29.8 Å². The van der Waals surface area contributed by atoms with Crippen molar-refractivity contribution in [1.82, 2.24) is 0 Å². The summed E-state index contributed by atoms with van der Waals surface area (Å²) < 4.78 is 12.0. The van der Waals surface area contributed by atoms with Gasteiger partial charge in [-0.25, -0.2) is 0 Å². The van der Waals surface area contributed by atoms with Crippen LogP contribution in [-0.4, -0.2) is 20.0 Å². The first-order valence-electron chi connectivity index (χ1n) is 5.77. The zero-order chi connectivity index (χ0) is 13.4. The molecule has 4 heteroatoms. The van der Waals surface area contributed by atoms with Crippen LogP contribution in [0.1, 0.15) is 19.4 Å². The number of hydrogen-bond acceptors (Lipinski definition) is 3. The van der Waals surface area contributed by atoms with Crippen molar-refractivity contribution in [2.45, 2.75) is 30.9 Å². The van der Waals surface area contributed by atoms with Crippen molar-refractivity contribution >= 4 is 21.9 Å². The summed E-state index contributed by atoms with van der Waals surface area (Å²) in [5.74, 6) is 0.124. The summed E-state index contributed by atoms with van der Waals surface area (Å²) in [6.45, 7) is 5.44. The van der Waals surface area contributed by atoms with E-state index in [1.165, 1.54) is 0 Å². The fraction of sp³-hybridized carbons (Fsp3) is 0.286. The van der Waals surface area contributed by atoms with Gasteiger partial charge in [0.25, 0.3) is 0 Å². The summed E-state index contributed by atoms with van der Waals surface area (Å²) in [6, 6.07) is 6.84. The number of phenolic OH excluding ortho intramolecular Hbond substituents is 2. The normalized spacial score (nSPS) is 13.2. The predicted molar refractivity (Wildman–Crippen MR) is 73.6 cm³/mol. The summed E-state index contributed by atoms with van der Waals surface area (Å²) in [4.78, 5) is 0.708. The van der Waals surface area contributed by atoms with Gasteiger partial charge in [-0.05, 0) is 55.5 Å². The van der Waals surface area contributed by atoms with Gasteiger partial charge in [-0.1, -0.05) is 0 Å². The lowest BCUT2D eigenvalue weighted by Gasteiger charge is -2.15. The Morgan fingerprint density at radius 2 is 1.83 bits per heavy atom. The van der Waals surface area contributed by atoms with Crippen LogP contribution < -0.4 is 0 Å². The molecule has 2 N–H and O–H groups in total. The van der Waals surface area contributed by atoms with E-state index in [1.807, 2.05) is 13.8 Å². The Balaban J connectivity index is 2.63. The second-order valence-electron chi connectivity index (χ2n) is 4.60. The van der Waals surface area contributed by atoms with E-state index in [-0.39, 0.29) is 16.7 Å². The lowest BCUT2D eigenvalue weighted by atomic mass is 10.1. The molecule has 1 atom stereocenters. The minimum Gasteiger partial charge on any atom is -0.611 e. The van der Waals surface area contributed by atoms with Gasteiger partial charge in [-0.15, -0.1) is 0 Å². The van der Waals surface area contributed by atoms with Crippen molar-refractivity contribution in [2.24, 2.45) is 0 Å². The molecule has 0 amide bonds. The van der Waals surface area contributed by atoms with E-state index >= 15 is 0 Å². The highest BCUT2D eigenvalue weighted by molar-refractivity contribution is 7.92. The first-order chi connectivity index (χ1) is 8.41. The van der Waals surface area contributed by atoms with E-state index in [0.717, 1.165) is 0 Å². The lowest BCUT2D eigenvalue weighted by Crippen LogP contribution is -2.13. The van der Waals surface area contributed by atoms with Gasteiger partial charge in [0.1, 0.15) is 16.7 Å². The first kappa shape index (κ1) is 13.1. The summed E-state index contributed by atoms with van der Waals surface area (Å²) in [7, 11) is 0. The molecule has 3 nitrogen and oxygen atoms in total. The van der Waals surface area contributed by atoms with Crippen molar-refractivity contribution < 1.29 is 14.8 Å². The summed E-state index contributed by atoms with van der Waals surface area (Å²) in [5, 5.41) is 21.0. The van der Waals surface area contributed by atoms with Crippen molar-refractivity contribution in [3.8, 4) is 11.5 Å². The van der Waals surface area contributed by atoms with Gasteiger partial charge >= 0.3 is 0 Å². The molecule has 0 saturated carbocycles. The molecule has 2 aromatic rings. The molecular formula is C14H16O3S. The Morgan fingerprint density at radius 3 is 2.44 bits per heavy atom. The second kappa shape index (κ2) is 4.71. The smallest absolute Gasteiger partial charge is 0.153 e. The van der Waals surface area contributed by atoms with Crippen LogP contribution in [0.2, 0.25) is 0 Å². The molecule has 0 saturated heterocycles. The molecule has 96 valence electrons. The molecule has 0 aromatic heterocycles. The zero-order valence-electron chi connectivity index (χ0n) is 10.6. The number of benzene rings is 2. The Bertz CT molecular complexity index is 593. The van der Waals surface area contributed by atoms with Gasteiger partial charge < -0.3 is 14.8 Å². The molecule has 0 heterocycles. The molecule has 0 bridgehead atoms. The Morgan fingerprint density at radius 1 is 1.17 bits per heavy atom. The first-order valence-corrected chi connectivity index (χ1v) is 6.99. The average Bonchev–Trinajstić information content (AvgIpc) is 2.34. The van der Waals surface area contributed by atoms with Crippen LogP contribution in [0.4, 0.5) is 0 Å². The molecule has 0 fully saturated rings. The van der Waals surface area contributed by atoms with E-state index in [4.69, 9.17) is 0 Å². The minimum atomic E-state index is -1.07. The summed E-state index contributed by atoms with van der Waals surface area (Å²) in [6.07, 6.45) is 0. The Labute approximate surface area is 109 Å². The SMILES string of the molecule is Cc1c(O)cc2cc([S+]([O-])C(C)C)ccc2c1O. The fourth-order valence-electron chi connectivity index (χ4n) is 1.85. The van der Waals surface area contributed by atoms with Crippen molar-refractivity contribution in [3.63, 3.8) is 0 Å². The fourth-order valence-corrected chi connectivity index (χ4v) is 2.84. The number of phenols is 2. The third-order valence-corrected chi connectivity index (χ3v) is 4.55. The maximum Gasteiger partial charge on any atom is 0.153 e. The van der Waals surface area contributed by atoms with Crippen LogP contribution in [0, 0.1) is 6.92 Å². The van der Waals surface area contributed by atoms with Crippen LogP contribution in [0.3, 0.4) is 0 Å². The second-order valence-corrected chi connectivity index (χ2v) is 6.61. The van der Waals surface area contributed by atoms with E-state index in [2.05, 4.69) is 0 Å². The van der Waals surface area contributed by atoms with Crippen molar-refractivity contribution in [1.29, 1.82) is 0 Å². The molecule has 0 spiro atoms. The average molecular weight is 264 g/mol. The summed E-state index contributed by atoms with van der Waals surface area (Å²) >= 11 is -1.07. The highest BCUT2D eigenvalue weighted by atomic mass is 32.2. The topological polar surface area (TPSA) is 63.5 Å². The highest BCUT2D eigenvalue weighted by Gasteiger charge is 2.17. The van der Waals surface area contributed by atoms with Gasteiger partial charge in [-0.2, -0.15) is 0 Å². The molecule has 0 aliphatic rings. The molecule has 1 unspecified atom stereocenters. The number of fused-ring (bicyclic) bond motifs is 1. The monoisotopic (exact) mass is 264 g/mol. The van der Waals surface area contributed by atoms with Gasteiger partial charge in [0.05, 0.1) is 0 Å². The highest BCUT2D eigenvalue weighted by Crippen LogP contribution is 2.36. The van der Waals surface area contributed by atoms with Gasteiger partial charge in [0.15, 0.2) is 4.90 Å².